The maximum atomic E-state index is 12.7. The highest BCUT2D eigenvalue weighted by atomic mass is 35.5. The Morgan fingerprint density at radius 1 is 1.12 bits per heavy atom. The van der Waals surface area contributed by atoms with Crippen LogP contribution < -0.4 is 4.74 Å². The smallest absolute Gasteiger partial charge is 0.226 e. The topological polar surface area (TPSA) is 29.5 Å². The quantitative estimate of drug-likeness (QED) is 0.733. The number of likely N-dealkylation sites (tertiary alicyclic amines) is 1. The van der Waals surface area contributed by atoms with E-state index in [1.54, 1.807) is 7.11 Å². The molecule has 0 bridgehead atoms. The number of ether oxygens (including phenoxy) is 1. The summed E-state index contributed by atoms with van der Waals surface area (Å²) in [4.78, 5) is 14.6. The number of nitrogens with zero attached hydrogens (tertiary/aromatic N) is 1. The molecule has 0 aromatic heterocycles. The van der Waals surface area contributed by atoms with Gasteiger partial charge in [-0.3, -0.25) is 4.79 Å². The molecule has 3 rings (SSSR count). The molecule has 3 nitrogen and oxygen atoms in total. The molecular weight excluding hydrogens is 357 g/mol. The summed E-state index contributed by atoms with van der Waals surface area (Å²) in [5.41, 5.74) is 2.08. The fraction of sp³-hybridized carbons (Fsp3) is 0.350. The van der Waals surface area contributed by atoms with Gasteiger partial charge in [-0.2, -0.15) is 0 Å². The predicted octanol–water partition coefficient (Wildman–Crippen LogP) is 4.64. The fourth-order valence-corrected chi connectivity index (χ4v) is 3.80. The molecule has 0 spiro atoms. The monoisotopic (exact) mass is 377 g/mol. The van der Waals surface area contributed by atoms with Crippen LogP contribution in [0.1, 0.15) is 17.5 Å². The molecule has 1 atom stereocenters. The summed E-state index contributed by atoms with van der Waals surface area (Å²) in [6.45, 7) is 1.53. The Hall–Kier alpha value is -1.71. The number of benzene rings is 2. The molecule has 1 amide bonds. The molecule has 2 aromatic rings. The van der Waals surface area contributed by atoms with E-state index in [-0.39, 0.29) is 11.8 Å². The summed E-state index contributed by atoms with van der Waals surface area (Å²) in [6, 6.07) is 13.5. The first kappa shape index (κ1) is 18.1. The zero-order chi connectivity index (χ0) is 17.8. The summed E-state index contributed by atoms with van der Waals surface area (Å²) in [7, 11) is 1.66. The lowest BCUT2D eigenvalue weighted by molar-refractivity contribution is -0.130. The minimum Gasteiger partial charge on any atom is -0.497 e. The van der Waals surface area contributed by atoms with Crippen LogP contribution in [0.3, 0.4) is 0 Å². The number of rotatable bonds is 6. The Labute approximate surface area is 158 Å². The van der Waals surface area contributed by atoms with Crippen molar-refractivity contribution in [2.75, 3.05) is 20.2 Å². The lowest BCUT2D eigenvalue weighted by Crippen LogP contribution is -2.30. The number of amides is 1. The van der Waals surface area contributed by atoms with Gasteiger partial charge >= 0.3 is 0 Å². The molecule has 25 heavy (non-hydrogen) atoms. The summed E-state index contributed by atoms with van der Waals surface area (Å²) in [5.74, 6) is 1.01. The molecule has 1 aliphatic heterocycles. The Morgan fingerprint density at radius 3 is 2.44 bits per heavy atom. The molecule has 0 N–H and O–H groups in total. The summed E-state index contributed by atoms with van der Waals surface area (Å²) in [6.07, 6.45) is 2.30. The third-order valence-electron chi connectivity index (χ3n) is 4.75. The lowest BCUT2D eigenvalue weighted by atomic mass is 9.98. The van der Waals surface area contributed by atoms with Crippen LogP contribution in [0.4, 0.5) is 0 Å². The van der Waals surface area contributed by atoms with E-state index in [9.17, 15) is 4.79 Å². The van der Waals surface area contributed by atoms with Crippen molar-refractivity contribution in [1.82, 2.24) is 4.90 Å². The van der Waals surface area contributed by atoms with Gasteiger partial charge in [-0.25, -0.2) is 0 Å². The van der Waals surface area contributed by atoms with Gasteiger partial charge in [0, 0.05) is 29.1 Å². The van der Waals surface area contributed by atoms with Crippen LogP contribution in [0.5, 0.6) is 5.75 Å². The number of hydrogen-bond donors (Lipinski definition) is 0. The van der Waals surface area contributed by atoms with E-state index in [4.69, 9.17) is 27.9 Å². The maximum absolute atomic E-state index is 12.7. The SMILES string of the molecule is COc1ccc(CCN2CCC(Cc3c(Cl)cccc3Cl)C2=O)cc1. The van der Waals surface area contributed by atoms with Crippen LogP contribution in [-0.4, -0.2) is 31.0 Å². The van der Waals surface area contributed by atoms with Crippen molar-refractivity contribution in [3.05, 3.63) is 63.6 Å². The van der Waals surface area contributed by atoms with Crippen molar-refractivity contribution >= 4 is 29.1 Å². The number of carbonyl (C=O) groups is 1. The molecule has 0 radical (unpaired) electrons. The van der Waals surface area contributed by atoms with Crippen LogP contribution in [0.15, 0.2) is 42.5 Å². The second kappa shape index (κ2) is 8.11. The van der Waals surface area contributed by atoms with E-state index >= 15 is 0 Å². The highest BCUT2D eigenvalue weighted by Crippen LogP contribution is 2.30. The van der Waals surface area contributed by atoms with Gasteiger partial charge in [0.1, 0.15) is 5.75 Å². The fourth-order valence-electron chi connectivity index (χ4n) is 3.24. The van der Waals surface area contributed by atoms with Gasteiger partial charge in [-0.1, -0.05) is 41.4 Å². The number of hydrogen-bond acceptors (Lipinski definition) is 2. The van der Waals surface area contributed by atoms with Crippen molar-refractivity contribution in [1.29, 1.82) is 0 Å². The van der Waals surface area contributed by atoms with E-state index in [2.05, 4.69) is 0 Å². The van der Waals surface area contributed by atoms with E-state index in [0.29, 0.717) is 16.5 Å². The van der Waals surface area contributed by atoms with Crippen molar-refractivity contribution < 1.29 is 9.53 Å². The molecule has 1 unspecified atom stereocenters. The predicted molar refractivity (Wildman–Crippen MR) is 102 cm³/mol. The van der Waals surface area contributed by atoms with Gasteiger partial charge < -0.3 is 9.64 Å². The van der Waals surface area contributed by atoms with E-state index in [1.165, 1.54) is 5.56 Å². The van der Waals surface area contributed by atoms with Crippen LogP contribution in [0.2, 0.25) is 10.0 Å². The minimum absolute atomic E-state index is 0.0340. The first-order valence-electron chi connectivity index (χ1n) is 8.43. The third-order valence-corrected chi connectivity index (χ3v) is 5.46. The van der Waals surface area contributed by atoms with Gasteiger partial charge in [0.05, 0.1) is 7.11 Å². The Bertz CT molecular complexity index is 726. The molecule has 132 valence electrons. The molecule has 5 heteroatoms. The molecular formula is C20H21Cl2NO2. The maximum Gasteiger partial charge on any atom is 0.226 e. The molecule has 2 aromatic carbocycles. The van der Waals surface area contributed by atoms with Crippen molar-refractivity contribution in [2.24, 2.45) is 5.92 Å². The van der Waals surface area contributed by atoms with Gasteiger partial charge in [0.25, 0.3) is 0 Å². The van der Waals surface area contributed by atoms with E-state index < -0.39 is 0 Å². The number of carbonyl (C=O) groups excluding carboxylic acids is 1. The molecule has 1 aliphatic rings. The summed E-state index contributed by atoms with van der Waals surface area (Å²) in [5, 5.41) is 1.27. The van der Waals surface area contributed by atoms with Crippen molar-refractivity contribution in [3.63, 3.8) is 0 Å². The van der Waals surface area contributed by atoms with Gasteiger partial charge in [-0.05, 0) is 54.7 Å². The van der Waals surface area contributed by atoms with Gasteiger partial charge in [0.15, 0.2) is 0 Å². The largest absolute Gasteiger partial charge is 0.497 e. The van der Waals surface area contributed by atoms with E-state index in [0.717, 1.165) is 37.2 Å². The van der Waals surface area contributed by atoms with Crippen LogP contribution in [0.25, 0.3) is 0 Å². The molecule has 1 saturated heterocycles. The van der Waals surface area contributed by atoms with Gasteiger partial charge in [0.2, 0.25) is 5.91 Å². The first-order chi connectivity index (χ1) is 12.1. The minimum atomic E-state index is -0.0340. The highest BCUT2D eigenvalue weighted by Gasteiger charge is 2.32. The zero-order valence-corrected chi connectivity index (χ0v) is 15.7. The average molecular weight is 378 g/mol. The summed E-state index contributed by atoms with van der Waals surface area (Å²) >= 11 is 12.5. The molecule has 1 heterocycles. The van der Waals surface area contributed by atoms with Gasteiger partial charge in [-0.15, -0.1) is 0 Å². The van der Waals surface area contributed by atoms with Crippen LogP contribution >= 0.6 is 23.2 Å². The van der Waals surface area contributed by atoms with Crippen LogP contribution in [-0.2, 0) is 17.6 Å². The van der Waals surface area contributed by atoms with Crippen molar-refractivity contribution in [3.8, 4) is 5.75 Å². The summed E-state index contributed by atoms with van der Waals surface area (Å²) < 4.78 is 5.17. The average Bonchev–Trinajstić information content (AvgIpc) is 2.97. The second-order valence-corrected chi connectivity index (χ2v) is 7.13. The van der Waals surface area contributed by atoms with Crippen molar-refractivity contribution in [2.45, 2.75) is 19.3 Å². The third kappa shape index (κ3) is 4.28. The molecule has 0 saturated carbocycles. The lowest BCUT2D eigenvalue weighted by Gasteiger charge is -2.17. The second-order valence-electron chi connectivity index (χ2n) is 6.31. The van der Waals surface area contributed by atoms with Crippen LogP contribution in [0, 0.1) is 5.92 Å². The molecule has 1 fully saturated rings. The zero-order valence-electron chi connectivity index (χ0n) is 14.2. The Kier molecular flexibility index (Phi) is 5.87. The standard InChI is InChI=1S/C20H21Cl2NO2/c1-25-16-7-5-14(6-8-16)9-11-23-12-10-15(20(23)24)13-17-18(21)3-2-4-19(17)22/h2-8,15H,9-13H2,1H3. The van der Waals surface area contributed by atoms with E-state index in [1.807, 2.05) is 47.4 Å². The molecule has 0 aliphatic carbocycles. The highest BCUT2D eigenvalue weighted by molar-refractivity contribution is 6.36. The first-order valence-corrected chi connectivity index (χ1v) is 9.18. The number of methoxy groups -OCH3 is 1. The normalized spacial score (nSPS) is 17.2. The Morgan fingerprint density at radius 2 is 1.80 bits per heavy atom. The Balaban J connectivity index is 1.58. The number of halogens is 2.